The summed E-state index contributed by atoms with van der Waals surface area (Å²) in [5.41, 5.74) is 3.58. The van der Waals surface area contributed by atoms with Crippen molar-refractivity contribution in [2.45, 2.75) is 20.8 Å². The van der Waals surface area contributed by atoms with Crippen LogP contribution in [0.3, 0.4) is 0 Å². The van der Waals surface area contributed by atoms with Gasteiger partial charge in [-0.2, -0.15) is 0 Å². The molecule has 0 radical (unpaired) electrons. The van der Waals surface area contributed by atoms with Gasteiger partial charge in [-0.1, -0.05) is 31.5 Å². The van der Waals surface area contributed by atoms with Crippen molar-refractivity contribution in [1.29, 1.82) is 0 Å². The van der Waals surface area contributed by atoms with Crippen LogP contribution in [0.25, 0.3) is 0 Å². The zero-order chi connectivity index (χ0) is 21.1. The number of aryl methyl sites for hydroxylation is 1. The SMILES string of the molecule is Cc1ccc(Cl)cc1N1CCN(c2ccc(NC(=O)C(C)C)c(C(=O)O)c2)CC1. The van der Waals surface area contributed by atoms with Crippen molar-refractivity contribution in [3.63, 3.8) is 0 Å². The van der Waals surface area contributed by atoms with Gasteiger partial charge in [0.05, 0.1) is 11.3 Å². The van der Waals surface area contributed by atoms with E-state index in [1.54, 1.807) is 26.0 Å². The third-order valence-electron chi connectivity index (χ3n) is 5.17. The van der Waals surface area contributed by atoms with Crippen LogP contribution in [0.4, 0.5) is 17.1 Å². The minimum absolute atomic E-state index is 0.101. The number of nitrogens with zero attached hydrogens (tertiary/aromatic N) is 2. The van der Waals surface area contributed by atoms with Gasteiger partial charge >= 0.3 is 5.97 Å². The van der Waals surface area contributed by atoms with Gasteiger partial charge in [0.25, 0.3) is 0 Å². The molecule has 0 aliphatic carbocycles. The van der Waals surface area contributed by atoms with Crippen molar-refractivity contribution in [3.05, 3.63) is 52.5 Å². The molecule has 2 aromatic carbocycles. The van der Waals surface area contributed by atoms with E-state index in [2.05, 4.69) is 22.0 Å². The van der Waals surface area contributed by atoms with Crippen molar-refractivity contribution in [1.82, 2.24) is 0 Å². The summed E-state index contributed by atoms with van der Waals surface area (Å²) in [5, 5.41) is 13.0. The highest BCUT2D eigenvalue weighted by atomic mass is 35.5. The van der Waals surface area contributed by atoms with Gasteiger partial charge in [0.15, 0.2) is 0 Å². The van der Waals surface area contributed by atoms with Crippen molar-refractivity contribution in [3.8, 4) is 0 Å². The van der Waals surface area contributed by atoms with Crippen molar-refractivity contribution < 1.29 is 14.7 Å². The molecule has 0 atom stereocenters. The lowest BCUT2D eigenvalue weighted by Gasteiger charge is -2.38. The Balaban J connectivity index is 1.75. The second kappa shape index (κ2) is 8.74. The number of hydrogen-bond donors (Lipinski definition) is 2. The fourth-order valence-electron chi connectivity index (χ4n) is 3.42. The summed E-state index contributed by atoms with van der Waals surface area (Å²) in [4.78, 5) is 28.2. The number of nitrogens with one attached hydrogen (secondary N) is 1. The number of amides is 1. The van der Waals surface area contributed by atoms with Crippen LogP contribution in [0, 0.1) is 12.8 Å². The summed E-state index contributed by atoms with van der Waals surface area (Å²) in [6.07, 6.45) is 0. The molecule has 2 aromatic rings. The topological polar surface area (TPSA) is 72.9 Å². The first-order valence-corrected chi connectivity index (χ1v) is 10.1. The number of carboxylic acids is 1. The van der Waals surface area contributed by atoms with Crippen LogP contribution in [0.5, 0.6) is 0 Å². The summed E-state index contributed by atoms with van der Waals surface area (Å²) < 4.78 is 0. The number of carbonyl (C=O) groups excluding carboxylic acids is 1. The summed E-state index contributed by atoms with van der Waals surface area (Å²) in [6.45, 7) is 8.77. The largest absolute Gasteiger partial charge is 0.478 e. The molecule has 1 saturated heterocycles. The van der Waals surface area contributed by atoms with E-state index in [1.165, 1.54) is 5.56 Å². The molecule has 3 rings (SSSR count). The van der Waals surface area contributed by atoms with Crippen LogP contribution >= 0.6 is 11.6 Å². The Kier molecular flexibility index (Phi) is 6.33. The van der Waals surface area contributed by atoms with Gasteiger partial charge in [-0.3, -0.25) is 4.79 Å². The molecule has 1 aliphatic rings. The van der Waals surface area contributed by atoms with E-state index in [0.29, 0.717) is 5.69 Å². The molecule has 0 unspecified atom stereocenters. The van der Waals surface area contributed by atoms with Gasteiger partial charge in [-0.15, -0.1) is 0 Å². The number of aromatic carboxylic acids is 1. The number of rotatable bonds is 5. The molecule has 0 spiro atoms. The Bertz CT molecular complexity index is 922. The van der Waals surface area contributed by atoms with E-state index in [-0.39, 0.29) is 17.4 Å². The maximum absolute atomic E-state index is 12.0. The lowest BCUT2D eigenvalue weighted by molar-refractivity contribution is -0.118. The monoisotopic (exact) mass is 415 g/mol. The van der Waals surface area contributed by atoms with Crippen LogP contribution in [-0.4, -0.2) is 43.2 Å². The highest BCUT2D eigenvalue weighted by molar-refractivity contribution is 6.30. The molecular weight excluding hydrogens is 390 g/mol. The summed E-state index contributed by atoms with van der Waals surface area (Å²) in [7, 11) is 0. The van der Waals surface area contributed by atoms with Crippen LogP contribution in [-0.2, 0) is 4.79 Å². The third-order valence-corrected chi connectivity index (χ3v) is 5.41. The first kappa shape index (κ1) is 21.0. The third kappa shape index (κ3) is 4.82. The molecule has 154 valence electrons. The molecule has 6 nitrogen and oxygen atoms in total. The molecule has 2 N–H and O–H groups in total. The zero-order valence-electron chi connectivity index (χ0n) is 16.9. The summed E-state index contributed by atoms with van der Waals surface area (Å²) in [5.74, 6) is -1.48. The highest BCUT2D eigenvalue weighted by Gasteiger charge is 2.21. The lowest BCUT2D eigenvalue weighted by atomic mass is 10.1. The molecule has 0 bridgehead atoms. The van der Waals surface area contributed by atoms with Gasteiger partial charge in [0.1, 0.15) is 0 Å². The van der Waals surface area contributed by atoms with Gasteiger partial charge in [-0.05, 0) is 42.8 Å². The predicted octanol–water partition coefficient (Wildman–Crippen LogP) is 4.27. The minimum Gasteiger partial charge on any atom is -0.478 e. The van der Waals surface area contributed by atoms with E-state index in [4.69, 9.17) is 11.6 Å². The smallest absolute Gasteiger partial charge is 0.337 e. The molecule has 29 heavy (non-hydrogen) atoms. The van der Waals surface area contributed by atoms with Crippen LogP contribution in [0.15, 0.2) is 36.4 Å². The zero-order valence-corrected chi connectivity index (χ0v) is 17.7. The Morgan fingerprint density at radius 3 is 2.31 bits per heavy atom. The fourth-order valence-corrected chi connectivity index (χ4v) is 3.59. The molecule has 1 aliphatic heterocycles. The van der Waals surface area contributed by atoms with E-state index in [9.17, 15) is 14.7 Å². The van der Waals surface area contributed by atoms with Gasteiger partial charge in [-0.25, -0.2) is 4.79 Å². The molecule has 0 saturated carbocycles. The number of anilines is 3. The Morgan fingerprint density at radius 2 is 1.69 bits per heavy atom. The van der Waals surface area contributed by atoms with Crippen molar-refractivity contribution in [2.75, 3.05) is 41.3 Å². The van der Waals surface area contributed by atoms with Crippen LogP contribution < -0.4 is 15.1 Å². The van der Waals surface area contributed by atoms with Gasteiger partial charge in [0.2, 0.25) is 5.91 Å². The lowest BCUT2D eigenvalue weighted by Crippen LogP contribution is -2.46. The number of piperazine rings is 1. The second-order valence-electron chi connectivity index (χ2n) is 7.58. The molecule has 1 fully saturated rings. The van der Waals surface area contributed by atoms with E-state index < -0.39 is 5.97 Å². The number of carbonyl (C=O) groups is 2. The second-order valence-corrected chi connectivity index (χ2v) is 8.02. The maximum atomic E-state index is 12.0. The number of halogens is 1. The van der Waals surface area contributed by atoms with Gasteiger partial charge in [0, 0.05) is 48.5 Å². The molecule has 1 heterocycles. The molecular formula is C22H26ClN3O3. The molecule has 7 heteroatoms. The van der Waals surface area contributed by atoms with E-state index >= 15 is 0 Å². The van der Waals surface area contributed by atoms with Crippen LogP contribution in [0.2, 0.25) is 5.02 Å². The Morgan fingerprint density at radius 1 is 1.03 bits per heavy atom. The maximum Gasteiger partial charge on any atom is 0.337 e. The average molecular weight is 416 g/mol. The molecule has 1 amide bonds. The van der Waals surface area contributed by atoms with Crippen LogP contribution in [0.1, 0.15) is 29.8 Å². The van der Waals surface area contributed by atoms with E-state index in [0.717, 1.165) is 42.6 Å². The van der Waals surface area contributed by atoms with Crippen molar-refractivity contribution in [2.24, 2.45) is 5.92 Å². The quantitative estimate of drug-likeness (QED) is 0.763. The number of hydrogen-bond acceptors (Lipinski definition) is 4. The van der Waals surface area contributed by atoms with Crippen molar-refractivity contribution >= 4 is 40.5 Å². The highest BCUT2D eigenvalue weighted by Crippen LogP contribution is 2.28. The predicted molar refractivity (Wildman–Crippen MR) is 117 cm³/mol. The molecule has 0 aromatic heterocycles. The Labute approximate surface area is 176 Å². The fraction of sp³-hybridized carbons (Fsp3) is 0.364. The minimum atomic E-state index is -1.06. The first-order valence-electron chi connectivity index (χ1n) is 9.70. The summed E-state index contributed by atoms with van der Waals surface area (Å²) >= 11 is 6.16. The number of benzene rings is 2. The Hall–Kier alpha value is -2.73. The first-order chi connectivity index (χ1) is 13.8. The standard InChI is InChI=1S/C22H26ClN3O3/c1-14(2)21(27)24-19-7-6-17(13-18(19)22(28)29)25-8-10-26(11-9-25)20-12-16(23)5-4-15(20)3/h4-7,12-14H,8-11H2,1-3H3,(H,24,27)(H,28,29). The summed E-state index contributed by atoms with van der Waals surface area (Å²) in [6, 6.07) is 11.1. The van der Waals surface area contributed by atoms with Gasteiger partial charge < -0.3 is 20.2 Å². The normalized spacial score (nSPS) is 14.2. The number of carboxylic acid groups (broad SMARTS) is 1. The van der Waals surface area contributed by atoms with E-state index in [1.807, 2.05) is 24.3 Å². The average Bonchev–Trinajstić information content (AvgIpc) is 2.70.